The predicted molar refractivity (Wildman–Crippen MR) is 117 cm³/mol. The molecule has 0 bridgehead atoms. The van der Waals surface area contributed by atoms with E-state index in [2.05, 4.69) is 43.1 Å². The number of halogens is 1. The van der Waals surface area contributed by atoms with Crippen molar-refractivity contribution in [1.82, 2.24) is 9.27 Å². The maximum Gasteiger partial charge on any atom is 0.218 e. The molecule has 150 valence electrons. The molecule has 0 atom stereocenters. The van der Waals surface area contributed by atoms with Gasteiger partial charge in [-0.2, -0.15) is 9.64 Å². The first kappa shape index (κ1) is 22.2. The van der Waals surface area contributed by atoms with E-state index < -0.39 is 0 Å². The number of aromatic nitrogens is 1. The van der Waals surface area contributed by atoms with Gasteiger partial charge in [-0.1, -0.05) is 32.4 Å². The van der Waals surface area contributed by atoms with Gasteiger partial charge in [-0.3, -0.25) is 0 Å². The van der Waals surface area contributed by atoms with Gasteiger partial charge in [0.05, 0.1) is 22.7 Å². The summed E-state index contributed by atoms with van der Waals surface area (Å²) in [5.41, 5.74) is 2.88. The summed E-state index contributed by atoms with van der Waals surface area (Å²) in [6, 6.07) is 5.90. The Kier molecular flexibility index (Phi) is 7.45. The first-order valence-corrected chi connectivity index (χ1v) is 10.6. The Labute approximate surface area is 176 Å². The molecule has 0 saturated carbocycles. The number of benzene rings is 1. The molecule has 2 rings (SSSR count). The van der Waals surface area contributed by atoms with Gasteiger partial charge in [0.2, 0.25) is 5.06 Å². The highest BCUT2D eigenvalue weighted by Crippen LogP contribution is 2.42. The number of hydrogen-bond acceptors (Lipinski definition) is 5. The summed E-state index contributed by atoms with van der Waals surface area (Å²) in [5, 5.41) is 10.6. The zero-order chi connectivity index (χ0) is 20.9. The number of rotatable bonds is 8. The van der Waals surface area contributed by atoms with Gasteiger partial charge >= 0.3 is 0 Å². The maximum atomic E-state index is 9.71. The Morgan fingerprint density at radius 2 is 2.04 bits per heavy atom. The third-order valence-corrected chi connectivity index (χ3v) is 6.27. The molecule has 0 unspecified atom stereocenters. The molecule has 28 heavy (non-hydrogen) atoms. The third-order valence-electron chi connectivity index (χ3n) is 5.25. The monoisotopic (exact) mass is 418 g/mol. The van der Waals surface area contributed by atoms with E-state index in [-0.39, 0.29) is 5.41 Å². The van der Waals surface area contributed by atoms with Crippen molar-refractivity contribution in [1.29, 1.82) is 5.26 Å². The molecule has 7 heteroatoms. The largest absolute Gasteiger partial charge is 0.442 e. The van der Waals surface area contributed by atoms with E-state index in [0.717, 1.165) is 36.3 Å². The van der Waals surface area contributed by atoms with Crippen LogP contribution in [-0.2, 0) is 5.41 Å². The number of aryl methyl sites for hydroxylation is 1. The van der Waals surface area contributed by atoms with Crippen LogP contribution in [0.25, 0.3) is 0 Å². The fourth-order valence-electron chi connectivity index (χ4n) is 2.64. The average Bonchev–Trinajstić information content (AvgIpc) is 3.11. The summed E-state index contributed by atoms with van der Waals surface area (Å²) in [6.07, 6.45) is 3.58. The Morgan fingerprint density at radius 1 is 1.36 bits per heavy atom. The van der Waals surface area contributed by atoms with Gasteiger partial charge in [0.25, 0.3) is 0 Å². The lowest BCUT2D eigenvalue weighted by Gasteiger charge is -2.24. The van der Waals surface area contributed by atoms with E-state index in [1.54, 1.807) is 12.4 Å². The summed E-state index contributed by atoms with van der Waals surface area (Å²) >= 11 is 7.64. The normalized spacial score (nSPS) is 11.6. The van der Waals surface area contributed by atoms with Crippen LogP contribution in [0.3, 0.4) is 0 Å². The minimum absolute atomic E-state index is 0.146. The molecule has 1 heterocycles. The highest BCUT2D eigenvalue weighted by molar-refractivity contribution is 7.08. The van der Waals surface area contributed by atoms with Crippen molar-refractivity contribution in [2.24, 2.45) is 4.99 Å². The van der Waals surface area contributed by atoms with Crippen LogP contribution in [-0.4, -0.2) is 29.2 Å². The standard InChI is InChI=1S/C21H27ClN4OS/c1-7-21(5,8-2)19-15(12-23)20(28-25-19)27-18-10-14(4)17(11-16(18)22)24-13-26(6)9-3/h10-11,13H,7-9H2,1-6H3/b24-13-. The van der Waals surface area contributed by atoms with Crippen LogP contribution in [0.15, 0.2) is 17.1 Å². The van der Waals surface area contributed by atoms with Crippen LogP contribution in [0.1, 0.15) is 57.4 Å². The van der Waals surface area contributed by atoms with Gasteiger partial charge in [0.15, 0.2) is 0 Å². The topological polar surface area (TPSA) is 61.5 Å². The molecule has 0 aliphatic heterocycles. The highest BCUT2D eigenvalue weighted by Gasteiger charge is 2.31. The first-order valence-electron chi connectivity index (χ1n) is 9.42. The molecule has 0 saturated heterocycles. The molecule has 0 aliphatic carbocycles. The van der Waals surface area contributed by atoms with Crippen molar-refractivity contribution in [3.05, 3.63) is 34.0 Å². The van der Waals surface area contributed by atoms with Crippen molar-refractivity contribution in [3.8, 4) is 16.9 Å². The van der Waals surface area contributed by atoms with Crippen molar-refractivity contribution < 1.29 is 4.74 Å². The van der Waals surface area contributed by atoms with Crippen LogP contribution in [0.5, 0.6) is 10.8 Å². The van der Waals surface area contributed by atoms with E-state index in [1.807, 2.05) is 24.9 Å². The second-order valence-electron chi connectivity index (χ2n) is 7.06. The first-order chi connectivity index (χ1) is 13.3. The Bertz CT molecular complexity index is 897. The third kappa shape index (κ3) is 4.65. The van der Waals surface area contributed by atoms with Gasteiger partial charge < -0.3 is 9.64 Å². The Balaban J connectivity index is 2.37. The van der Waals surface area contributed by atoms with E-state index in [1.165, 1.54) is 11.5 Å². The summed E-state index contributed by atoms with van der Waals surface area (Å²) < 4.78 is 10.6. The molecule has 0 amide bonds. The molecule has 1 aromatic carbocycles. The molecule has 0 aliphatic rings. The van der Waals surface area contributed by atoms with Crippen molar-refractivity contribution in [3.63, 3.8) is 0 Å². The minimum Gasteiger partial charge on any atom is -0.442 e. The Hall–Kier alpha value is -2.10. The number of nitriles is 1. The smallest absolute Gasteiger partial charge is 0.218 e. The van der Waals surface area contributed by atoms with Crippen LogP contribution < -0.4 is 4.74 Å². The van der Waals surface area contributed by atoms with Crippen LogP contribution >= 0.6 is 23.1 Å². The lowest BCUT2D eigenvalue weighted by Crippen LogP contribution is -2.21. The number of nitrogens with zero attached hydrogens (tertiary/aromatic N) is 4. The van der Waals surface area contributed by atoms with Gasteiger partial charge in [-0.05, 0) is 44.4 Å². The lowest BCUT2D eigenvalue weighted by atomic mass is 9.80. The zero-order valence-corrected chi connectivity index (χ0v) is 18.9. The van der Waals surface area contributed by atoms with Crippen molar-refractivity contribution in [2.75, 3.05) is 13.6 Å². The number of ether oxygens (including phenoxy) is 1. The van der Waals surface area contributed by atoms with Crippen LogP contribution in [0.4, 0.5) is 5.69 Å². The van der Waals surface area contributed by atoms with Gasteiger partial charge in [0, 0.05) is 30.5 Å². The van der Waals surface area contributed by atoms with Crippen molar-refractivity contribution in [2.45, 2.75) is 52.9 Å². The zero-order valence-electron chi connectivity index (χ0n) is 17.3. The fourth-order valence-corrected chi connectivity index (χ4v) is 3.69. The summed E-state index contributed by atoms with van der Waals surface area (Å²) in [7, 11) is 1.96. The quantitative estimate of drug-likeness (QED) is 0.364. The molecule has 0 spiro atoms. The van der Waals surface area contributed by atoms with Crippen LogP contribution in [0, 0.1) is 18.3 Å². The van der Waals surface area contributed by atoms with E-state index >= 15 is 0 Å². The maximum absolute atomic E-state index is 9.71. The minimum atomic E-state index is -0.146. The van der Waals surface area contributed by atoms with Gasteiger partial charge in [-0.15, -0.1) is 0 Å². The second-order valence-corrected chi connectivity index (χ2v) is 8.21. The average molecular weight is 419 g/mol. The van der Waals surface area contributed by atoms with Gasteiger partial charge in [-0.25, -0.2) is 4.99 Å². The van der Waals surface area contributed by atoms with E-state index in [0.29, 0.717) is 21.4 Å². The SMILES string of the molecule is CCN(C)/C=N\c1cc(Cl)c(Oc2snc(C(C)(CC)CC)c2C#N)cc1C. The summed E-state index contributed by atoms with van der Waals surface area (Å²) in [6.45, 7) is 11.2. The highest BCUT2D eigenvalue weighted by atomic mass is 35.5. The Morgan fingerprint density at radius 3 is 2.61 bits per heavy atom. The molecule has 0 fully saturated rings. The molecule has 5 nitrogen and oxygen atoms in total. The van der Waals surface area contributed by atoms with E-state index in [9.17, 15) is 5.26 Å². The number of hydrogen-bond donors (Lipinski definition) is 0. The molecule has 2 aromatic rings. The van der Waals surface area contributed by atoms with Crippen LogP contribution in [0.2, 0.25) is 5.02 Å². The van der Waals surface area contributed by atoms with Gasteiger partial charge in [0.1, 0.15) is 17.4 Å². The second kappa shape index (κ2) is 9.40. The predicted octanol–water partition coefficient (Wildman–Crippen LogP) is 6.46. The van der Waals surface area contributed by atoms with Crippen molar-refractivity contribution >= 4 is 35.2 Å². The molecular weight excluding hydrogens is 392 g/mol. The summed E-state index contributed by atoms with van der Waals surface area (Å²) in [5.74, 6) is 0.503. The molecular formula is C21H27ClN4OS. The van der Waals surface area contributed by atoms with E-state index in [4.69, 9.17) is 16.3 Å². The molecule has 0 radical (unpaired) electrons. The fraction of sp³-hybridized carbons (Fsp3) is 0.476. The lowest BCUT2D eigenvalue weighted by molar-refractivity contribution is 0.426. The molecule has 0 N–H and O–H groups in total. The summed E-state index contributed by atoms with van der Waals surface area (Å²) in [4.78, 5) is 6.46. The molecule has 1 aromatic heterocycles. The number of aliphatic imine (C=N–C) groups is 1.